The monoisotopic (exact) mass is 333 g/mol. The molecule has 0 heterocycles. The third-order valence-electron chi connectivity index (χ3n) is 4.03. The van der Waals surface area contributed by atoms with Gasteiger partial charge >= 0.3 is 0 Å². The topological polar surface area (TPSA) is 38.3 Å². The lowest BCUT2D eigenvalue weighted by molar-refractivity contribution is 0.0932. The third kappa shape index (κ3) is 3.64. The minimum Gasteiger partial charge on any atom is -0.497 e. The SMILES string of the molecule is COc1ccc(C(NC(=O)c2ccc(F)cc2Cl)C2CC2)cc1. The van der Waals surface area contributed by atoms with E-state index in [0.717, 1.165) is 30.2 Å². The summed E-state index contributed by atoms with van der Waals surface area (Å²) in [5, 5.41) is 3.14. The number of carbonyl (C=O) groups is 1. The second kappa shape index (κ2) is 6.59. The first-order valence-electron chi connectivity index (χ1n) is 7.48. The summed E-state index contributed by atoms with van der Waals surface area (Å²) in [5.41, 5.74) is 1.31. The second-order valence-electron chi connectivity index (χ2n) is 5.69. The van der Waals surface area contributed by atoms with Crippen LogP contribution in [0.4, 0.5) is 4.39 Å². The Bertz CT molecular complexity index is 713. The molecule has 1 aliphatic carbocycles. The lowest BCUT2D eigenvalue weighted by atomic mass is 10.0. The zero-order valence-electron chi connectivity index (χ0n) is 12.7. The summed E-state index contributed by atoms with van der Waals surface area (Å²) < 4.78 is 18.3. The Hall–Kier alpha value is -2.07. The van der Waals surface area contributed by atoms with E-state index in [-0.39, 0.29) is 22.5 Å². The highest BCUT2D eigenvalue weighted by Crippen LogP contribution is 2.41. The molecule has 120 valence electrons. The fourth-order valence-electron chi connectivity index (χ4n) is 2.61. The van der Waals surface area contributed by atoms with Crippen LogP contribution in [0.5, 0.6) is 5.75 Å². The number of amides is 1. The highest BCUT2D eigenvalue weighted by molar-refractivity contribution is 6.33. The van der Waals surface area contributed by atoms with Crippen molar-refractivity contribution in [2.75, 3.05) is 7.11 Å². The van der Waals surface area contributed by atoms with Gasteiger partial charge in [-0.15, -0.1) is 0 Å². The van der Waals surface area contributed by atoms with E-state index < -0.39 is 5.82 Å². The van der Waals surface area contributed by atoms with Gasteiger partial charge in [0.15, 0.2) is 0 Å². The molecule has 0 aromatic heterocycles. The molecule has 0 saturated heterocycles. The van der Waals surface area contributed by atoms with Crippen LogP contribution in [0.3, 0.4) is 0 Å². The molecule has 1 amide bonds. The summed E-state index contributed by atoms with van der Waals surface area (Å²) in [6, 6.07) is 11.4. The molecule has 5 heteroatoms. The Morgan fingerprint density at radius 3 is 2.52 bits per heavy atom. The molecule has 1 saturated carbocycles. The number of hydrogen-bond donors (Lipinski definition) is 1. The van der Waals surface area contributed by atoms with Gasteiger partial charge in [-0.1, -0.05) is 23.7 Å². The summed E-state index contributed by atoms with van der Waals surface area (Å²) in [6.07, 6.45) is 2.16. The highest BCUT2D eigenvalue weighted by Gasteiger charge is 2.33. The highest BCUT2D eigenvalue weighted by atomic mass is 35.5. The third-order valence-corrected chi connectivity index (χ3v) is 4.34. The van der Waals surface area contributed by atoms with Gasteiger partial charge in [0, 0.05) is 0 Å². The second-order valence-corrected chi connectivity index (χ2v) is 6.09. The quantitative estimate of drug-likeness (QED) is 0.882. The molecular formula is C18H17ClFNO2. The smallest absolute Gasteiger partial charge is 0.253 e. The number of ether oxygens (including phenoxy) is 1. The van der Waals surface area contributed by atoms with Gasteiger partial charge in [0.25, 0.3) is 5.91 Å². The summed E-state index contributed by atoms with van der Waals surface area (Å²) in [7, 11) is 1.62. The van der Waals surface area contributed by atoms with Crippen LogP contribution < -0.4 is 10.1 Å². The van der Waals surface area contributed by atoms with Crippen LogP contribution in [-0.2, 0) is 0 Å². The zero-order chi connectivity index (χ0) is 16.4. The van der Waals surface area contributed by atoms with Crippen LogP contribution in [0.1, 0.15) is 34.8 Å². The normalized spacial score (nSPS) is 15.1. The molecule has 2 aromatic rings. The Morgan fingerprint density at radius 2 is 1.96 bits per heavy atom. The van der Waals surface area contributed by atoms with Gasteiger partial charge in [0.05, 0.1) is 23.7 Å². The Labute approximate surface area is 139 Å². The molecule has 0 radical (unpaired) electrons. The number of hydrogen-bond acceptors (Lipinski definition) is 2. The Balaban J connectivity index is 1.80. The van der Waals surface area contributed by atoms with Crippen LogP contribution in [0.25, 0.3) is 0 Å². The van der Waals surface area contributed by atoms with Gasteiger partial charge in [-0.25, -0.2) is 4.39 Å². The molecule has 3 nitrogen and oxygen atoms in total. The molecule has 1 unspecified atom stereocenters. The van der Waals surface area contributed by atoms with Crippen LogP contribution >= 0.6 is 11.6 Å². The minimum atomic E-state index is -0.458. The number of nitrogens with one attached hydrogen (secondary N) is 1. The van der Waals surface area contributed by atoms with Crippen LogP contribution in [0.2, 0.25) is 5.02 Å². The predicted octanol–water partition coefficient (Wildman–Crippen LogP) is 4.37. The van der Waals surface area contributed by atoms with Crippen LogP contribution in [0, 0.1) is 11.7 Å². The van der Waals surface area contributed by atoms with Crippen molar-refractivity contribution in [3.8, 4) is 5.75 Å². The van der Waals surface area contributed by atoms with Gasteiger partial charge in [-0.05, 0) is 54.7 Å². The minimum absolute atomic E-state index is 0.0745. The first-order valence-corrected chi connectivity index (χ1v) is 7.86. The molecule has 0 aliphatic heterocycles. The van der Waals surface area contributed by atoms with Crippen molar-refractivity contribution in [3.63, 3.8) is 0 Å². The van der Waals surface area contributed by atoms with E-state index in [4.69, 9.17) is 16.3 Å². The number of methoxy groups -OCH3 is 1. The molecule has 23 heavy (non-hydrogen) atoms. The van der Waals surface area contributed by atoms with Gasteiger partial charge < -0.3 is 10.1 Å². The molecule has 1 fully saturated rings. The van der Waals surface area contributed by atoms with E-state index >= 15 is 0 Å². The van der Waals surface area contributed by atoms with Gasteiger partial charge in [-0.3, -0.25) is 4.79 Å². The average Bonchev–Trinajstić information content (AvgIpc) is 3.37. The number of benzene rings is 2. The van der Waals surface area contributed by atoms with E-state index in [1.54, 1.807) is 7.11 Å². The lowest BCUT2D eigenvalue weighted by Crippen LogP contribution is -2.30. The summed E-state index contributed by atoms with van der Waals surface area (Å²) in [4.78, 5) is 12.5. The van der Waals surface area contributed by atoms with Crippen molar-refractivity contribution in [2.45, 2.75) is 18.9 Å². The molecular weight excluding hydrogens is 317 g/mol. The van der Waals surface area contributed by atoms with Crippen molar-refractivity contribution >= 4 is 17.5 Å². The molecule has 0 spiro atoms. The maximum Gasteiger partial charge on any atom is 0.253 e. The largest absolute Gasteiger partial charge is 0.497 e. The fourth-order valence-corrected chi connectivity index (χ4v) is 2.86. The van der Waals surface area contributed by atoms with Crippen molar-refractivity contribution in [3.05, 3.63) is 64.4 Å². The molecule has 1 N–H and O–H groups in total. The maximum atomic E-state index is 13.1. The van der Waals surface area contributed by atoms with E-state index in [0.29, 0.717) is 5.92 Å². The lowest BCUT2D eigenvalue weighted by Gasteiger charge is -2.19. The average molecular weight is 334 g/mol. The van der Waals surface area contributed by atoms with Gasteiger partial charge in [-0.2, -0.15) is 0 Å². The number of rotatable bonds is 5. The zero-order valence-corrected chi connectivity index (χ0v) is 13.4. The van der Waals surface area contributed by atoms with E-state index in [2.05, 4.69) is 5.32 Å². The molecule has 1 aliphatic rings. The summed E-state index contributed by atoms with van der Waals surface area (Å²) >= 11 is 5.97. The molecule has 2 aromatic carbocycles. The Morgan fingerprint density at radius 1 is 1.26 bits per heavy atom. The molecule has 3 rings (SSSR count). The van der Waals surface area contributed by atoms with E-state index in [1.807, 2.05) is 24.3 Å². The molecule has 0 bridgehead atoms. The van der Waals surface area contributed by atoms with Crippen LogP contribution in [0.15, 0.2) is 42.5 Å². The van der Waals surface area contributed by atoms with Crippen molar-refractivity contribution in [1.82, 2.24) is 5.32 Å². The number of carbonyl (C=O) groups excluding carboxylic acids is 1. The first kappa shape index (κ1) is 15.8. The van der Waals surface area contributed by atoms with Crippen LogP contribution in [-0.4, -0.2) is 13.0 Å². The Kier molecular flexibility index (Phi) is 4.53. The first-order chi connectivity index (χ1) is 11.1. The molecule has 1 atom stereocenters. The summed E-state index contributed by atoms with van der Waals surface area (Å²) in [6.45, 7) is 0. The summed E-state index contributed by atoms with van der Waals surface area (Å²) in [5.74, 6) is 0.450. The predicted molar refractivity (Wildman–Crippen MR) is 87.3 cm³/mol. The van der Waals surface area contributed by atoms with Crippen molar-refractivity contribution in [2.24, 2.45) is 5.92 Å². The van der Waals surface area contributed by atoms with E-state index in [1.165, 1.54) is 12.1 Å². The van der Waals surface area contributed by atoms with E-state index in [9.17, 15) is 9.18 Å². The standard InChI is InChI=1S/C18H17ClFNO2/c1-23-14-7-4-12(5-8-14)17(11-2-3-11)21-18(22)15-9-6-13(20)10-16(15)19/h4-11,17H,2-3H2,1H3,(H,21,22). The van der Waals surface area contributed by atoms with Gasteiger partial charge in [0.1, 0.15) is 11.6 Å². The number of halogens is 2. The van der Waals surface area contributed by atoms with Crippen molar-refractivity contribution in [1.29, 1.82) is 0 Å². The fraction of sp³-hybridized carbons (Fsp3) is 0.278. The van der Waals surface area contributed by atoms with Gasteiger partial charge in [0.2, 0.25) is 0 Å². The van der Waals surface area contributed by atoms with Crippen molar-refractivity contribution < 1.29 is 13.9 Å². The maximum absolute atomic E-state index is 13.1.